The largest absolute Gasteiger partial charge is 0.237 e. The van der Waals surface area contributed by atoms with Crippen LogP contribution in [-0.2, 0) is 0 Å². The Labute approximate surface area is 305 Å². The van der Waals surface area contributed by atoms with Gasteiger partial charge in [-0.2, -0.15) is 0 Å². The van der Waals surface area contributed by atoms with Crippen LogP contribution in [0.25, 0.3) is 73.5 Å². The van der Waals surface area contributed by atoms with Crippen molar-refractivity contribution in [2.24, 2.45) is 0 Å². The van der Waals surface area contributed by atoms with Crippen molar-refractivity contribution in [3.05, 3.63) is 212 Å². The fourth-order valence-electron chi connectivity index (χ4n) is 5.91. The molecular weight excluding hydrogens is 633 g/mol. The van der Waals surface area contributed by atoms with E-state index in [1.54, 1.807) is 12.4 Å². The molecule has 0 fully saturated rings. The summed E-state index contributed by atoms with van der Waals surface area (Å²) in [5.74, 6) is 0.707. The van der Waals surface area contributed by atoms with Crippen LogP contribution in [-0.4, -0.2) is 19.9 Å². The van der Waals surface area contributed by atoms with Crippen molar-refractivity contribution in [2.75, 3.05) is 0 Å². The lowest BCUT2D eigenvalue weighted by molar-refractivity contribution is 1.14. The van der Waals surface area contributed by atoms with E-state index in [1.807, 2.05) is 97.1 Å². The summed E-state index contributed by atoms with van der Waals surface area (Å²) in [6, 6.07) is 46.1. The zero-order chi connectivity index (χ0) is 35.5. The van der Waals surface area contributed by atoms with Gasteiger partial charge in [0.1, 0.15) is 6.33 Å². The molecule has 52 heavy (non-hydrogen) atoms. The van der Waals surface area contributed by atoms with Crippen LogP contribution in [0, 0.1) is 0 Å². The summed E-state index contributed by atoms with van der Waals surface area (Å²) < 4.78 is 0. The summed E-state index contributed by atoms with van der Waals surface area (Å²) in [5.41, 5.74) is 10.9. The maximum Gasteiger partial charge on any atom is 0.160 e. The Morgan fingerprint density at radius 1 is 0.481 bits per heavy atom. The van der Waals surface area contributed by atoms with Crippen LogP contribution < -0.4 is 0 Å². The first-order valence-corrected chi connectivity index (χ1v) is 17.1. The van der Waals surface area contributed by atoms with E-state index in [-0.39, 0.29) is 0 Å². The molecule has 0 aliphatic carbocycles. The second kappa shape index (κ2) is 16.1. The molecule has 0 saturated carbocycles. The maximum absolute atomic E-state index is 4.99. The van der Waals surface area contributed by atoms with Crippen molar-refractivity contribution in [1.29, 1.82) is 0 Å². The summed E-state index contributed by atoms with van der Waals surface area (Å²) in [7, 11) is 0. The quantitative estimate of drug-likeness (QED) is 0.129. The number of hydrogen-bond donors (Lipinski definition) is 0. The van der Waals surface area contributed by atoms with Crippen molar-refractivity contribution >= 4 is 28.5 Å². The molecule has 7 rings (SSSR count). The second-order valence-electron chi connectivity index (χ2n) is 12.1. The molecule has 4 heteroatoms. The Kier molecular flexibility index (Phi) is 10.4. The zero-order valence-electron chi connectivity index (χ0n) is 28.7. The molecule has 0 saturated heterocycles. The van der Waals surface area contributed by atoms with Crippen LogP contribution in [0.2, 0.25) is 0 Å². The van der Waals surface area contributed by atoms with E-state index in [2.05, 4.69) is 108 Å². The molecule has 0 aliphatic rings. The van der Waals surface area contributed by atoms with Gasteiger partial charge in [0.2, 0.25) is 0 Å². The Morgan fingerprint density at radius 2 is 1.10 bits per heavy atom. The maximum atomic E-state index is 4.99. The van der Waals surface area contributed by atoms with Crippen LogP contribution in [0.5, 0.6) is 0 Å². The molecule has 0 aliphatic heterocycles. The van der Waals surface area contributed by atoms with E-state index in [1.165, 1.54) is 5.39 Å². The SMILES string of the molecule is C=C/C=C\C=C\c1cc(/C=C/C=C(\C=C)c2ccc3ccc(-c4ccc(-c5cc(-c6ccccc6)nc(-c6ccccc6)n5)cc4)cc3c2)ncn1. The number of hydrogen-bond acceptors (Lipinski definition) is 4. The third-order valence-electron chi connectivity index (χ3n) is 8.61. The summed E-state index contributed by atoms with van der Waals surface area (Å²) >= 11 is 0. The average molecular weight is 669 g/mol. The van der Waals surface area contributed by atoms with Crippen molar-refractivity contribution in [3.8, 4) is 45.0 Å². The van der Waals surface area contributed by atoms with E-state index < -0.39 is 0 Å². The van der Waals surface area contributed by atoms with E-state index >= 15 is 0 Å². The van der Waals surface area contributed by atoms with Crippen LogP contribution in [0.15, 0.2) is 195 Å². The minimum Gasteiger partial charge on any atom is -0.237 e. The van der Waals surface area contributed by atoms with Crippen molar-refractivity contribution < 1.29 is 0 Å². The molecule has 248 valence electrons. The Bertz CT molecular complexity index is 2410. The van der Waals surface area contributed by atoms with E-state index in [4.69, 9.17) is 9.97 Å². The molecule has 7 aromatic rings. The molecule has 4 nitrogen and oxygen atoms in total. The van der Waals surface area contributed by atoms with E-state index in [0.29, 0.717) is 5.82 Å². The number of fused-ring (bicyclic) bond motifs is 1. The van der Waals surface area contributed by atoms with Gasteiger partial charge in [-0.1, -0.05) is 165 Å². The van der Waals surface area contributed by atoms with Gasteiger partial charge in [0.05, 0.1) is 22.8 Å². The summed E-state index contributed by atoms with van der Waals surface area (Å²) in [5, 5.41) is 2.33. The fraction of sp³-hybridized carbons (Fsp3) is 0. The van der Waals surface area contributed by atoms with Gasteiger partial charge < -0.3 is 0 Å². The van der Waals surface area contributed by atoms with E-state index in [0.717, 1.165) is 67.1 Å². The van der Waals surface area contributed by atoms with Crippen LogP contribution in [0.4, 0.5) is 0 Å². The standard InChI is InChI=1S/C48H36N4/c1-3-5-6-13-20-44-32-45(50-34-49-44)21-14-19-35(4-2)41-28-24-37-25-29-42(31-43(37)30-41)36-22-26-39(27-23-36)47-33-46(38-15-9-7-10-16-38)51-48(52-47)40-17-11-8-12-18-40/h3-34H,1-2H2/b6-5-,20-13+,21-14+,35-19+. The molecule has 0 unspecified atom stereocenters. The molecule has 0 bridgehead atoms. The predicted molar refractivity (Wildman–Crippen MR) is 219 cm³/mol. The Morgan fingerprint density at radius 3 is 1.79 bits per heavy atom. The highest BCUT2D eigenvalue weighted by Gasteiger charge is 2.11. The van der Waals surface area contributed by atoms with Gasteiger partial charge in [0, 0.05) is 16.7 Å². The first-order valence-electron chi connectivity index (χ1n) is 17.1. The highest BCUT2D eigenvalue weighted by molar-refractivity contribution is 5.91. The van der Waals surface area contributed by atoms with Gasteiger partial charge in [0.25, 0.3) is 0 Å². The monoisotopic (exact) mass is 668 g/mol. The van der Waals surface area contributed by atoms with Crippen LogP contribution >= 0.6 is 0 Å². The Balaban J connectivity index is 1.14. The Hall–Kier alpha value is -7.04. The van der Waals surface area contributed by atoms with Crippen molar-refractivity contribution in [1.82, 2.24) is 19.9 Å². The molecule has 5 aromatic carbocycles. The van der Waals surface area contributed by atoms with Crippen molar-refractivity contribution in [2.45, 2.75) is 0 Å². The number of aromatic nitrogens is 4. The fourth-order valence-corrected chi connectivity index (χ4v) is 5.91. The minimum absolute atomic E-state index is 0.707. The highest BCUT2D eigenvalue weighted by Crippen LogP contribution is 2.31. The number of nitrogens with zero attached hydrogens (tertiary/aromatic N) is 4. The summed E-state index contributed by atoms with van der Waals surface area (Å²) in [6.45, 7) is 7.78. The van der Waals surface area contributed by atoms with Gasteiger partial charge >= 0.3 is 0 Å². The molecule has 0 amide bonds. The van der Waals surface area contributed by atoms with E-state index in [9.17, 15) is 0 Å². The minimum atomic E-state index is 0.707. The number of benzene rings is 5. The lowest BCUT2D eigenvalue weighted by Gasteiger charge is -2.11. The topological polar surface area (TPSA) is 51.6 Å². The van der Waals surface area contributed by atoms with Gasteiger partial charge in [-0.15, -0.1) is 0 Å². The number of allylic oxidation sites excluding steroid dienone is 8. The molecule has 0 spiro atoms. The highest BCUT2D eigenvalue weighted by atomic mass is 14.9. The zero-order valence-corrected chi connectivity index (χ0v) is 28.7. The summed E-state index contributed by atoms with van der Waals surface area (Å²) in [6.07, 6.45) is 18.9. The molecular formula is C48H36N4. The molecule has 2 aromatic heterocycles. The lowest BCUT2D eigenvalue weighted by atomic mass is 9.96. The third kappa shape index (κ3) is 8.05. The normalized spacial score (nSPS) is 11.9. The van der Waals surface area contributed by atoms with Crippen LogP contribution in [0.3, 0.4) is 0 Å². The van der Waals surface area contributed by atoms with Gasteiger partial charge in [-0.25, -0.2) is 19.9 Å². The van der Waals surface area contributed by atoms with Gasteiger partial charge in [-0.05, 0) is 69.5 Å². The third-order valence-corrected chi connectivity index (χ3v) is 8.61. The second-order valence-corrected chi connectivity index (χ2v) is 12.1. The average Bonchev–Trinajstić information content (AvgIpc) is 3.21. The lowest BCUT2D eigenvalue weighted by Crippen LogP contribution is -1.95. The van der Waals surface area contributed by atoms with Crippen molar-refractivity contribution in [3.63, 3.8) is 0 Å². The van der Waals surface area contributed by atoms with Crippen LogP contribution in [0.1, 0.15) is 17.0 Å². The summed E-state index contributed by atoms with van der Waals surface area (Å²) in [4.78, 5) is 18.6. The molecule has 2 heterocycles. The first kappa shape index (κ1) is 33.5. The van der Waals surface area contributed by atoms with Gasteiger partial charge in [-0.3, -0.25) is 0 Å². The smallest absolute Gasteiger partial charge is 0.160 e. The molecule has 0 atom stereocenters. The number of rotatable bonds is 11. The predicted octanol–water partition coefficient (Wildman–Crippen LogP) is 12.1. The molecule has 0 radical (unpaired) electrons. The molecule has 0 N–H and O–H groups in total. The first-order chi connectivity index (χ1) is 25.7. The van der Waals surface area contributed by atoms with Gasteiger partial charge in [0.15, 0.2) is 5.82 Å².